The predicted molar refractivity (Wildman–Crippen MR) is 115 cm³/mol. The fourth-order valence-corrected chi connectivity index (χ4v) is 3.78. The van der Waals surface area contributed by atoms with Gasteiger partial charge in [0.15, 0.2) is 5.96 Å². The zero-order valence-electron chi connectivity index (χ0n) is 15.7. The third-order valence-electron chi connectivity index (χ3n) is 5.34. The molecule has 7 heteroatoms. The van der Waals surface area contributed by atoms with Gasteiger partial charge in [-0.2, -0.15) is 0 Å². The standard InChI is InChI=1S/C19H29FN4O.HI/c1-21-18(24-11-7-19(14-24)8-12-25-15-19)22-9-4-10-23(2)17-6-3-5-16(20)13-17;/h3,5-6,13H,4,7-12,14-15H2,1-2H3,(H,21,22);1H. The van der Waals surface area contributed by atoms with E-state index in [0.717, 1.165) is 57.5 Å². The number of hydrogen-bond acceptors (Lipinski definition) is 3. The number of anilines is 1. The lowest BCUT2D eigenvalue weighted by atomic mass is 9.87. The Kier molecular flexibility index (Phi) is 7.94. The summed E-state index contributed by atoms with van der Waals surface area (Å²) < 4.78 is 18.9. The Morgan fingerprint density at radius 2 is 2.27 bits per heavy atom. The molecule has 1 spiro atoms. The SMILES string of the molecule is CN=C(NCCCN(C)c1cccc(F)c1)N1CCC2(CCOC2)C1.I. The molecule has 2 saturated heterocycles. The Morgan fingerprint density at radius 3 is 2.96 bits per heavy atom. The number of nitrogens with one attached hydrogen (secondary N) is 1. The highest BCUT2D eigenvalue weighted by atomic mass is 127. The molecule has 2 heterocycles. The average Bonchev–Trinajstić information content (AvgIpc) is 3.25. The molecule has 0 amide bonds. The van der Waals surface area contributed by atoms with E-state index in [1.165, 1.54) is 18.9 Å². The van der Waals surface area contributed by atoms with Crippen LogP contribution in [0.15, 0.2) is 29.3 Å². The zero-order valence-corrected chi connectivity index (χ0v) is 18.0. The highest BCUT2D eigenvalue weighted by Gasteiger charge is 2.42. The Bertz CT molecular complexity index is 607. The van der Waals surface area contributed by atoms with Gasteiger partial charge in [-0.15, -0.1) is 24.0 Å². The fourth-order valence-electron chi connectivity index (χ4n) is 3.78. The van der Waals surface area contributed by atoms with E-state index in [2.05, 4.69) is 20.1 Å². The van der Waals surface area contributed by atoms with Crippen molar-refractivity contribution in [3.05, 3.63) is 30.1 Å². The van der Waals surface area contributed by atoms with Gasteiger partial charge in [-0.3, -0.25) is 4.99 Å². The van der Waals surface area contributed by atoms with Crippen LogP contribution in [0.2, 0.25) is 0 Å². The minimum absolute atomic E-state index is 0. The number of halogens is 2. The van der Waals surface area contributed by atoms with E-state index < -0.39 is 0 Å². The van der Waals surface area contributed by atoms with Gasteiger partial charge < -0.3 is 19.9 Å². The van der Waals surface area contributed by atoms with Crippen LogP contribution in [-0.4, -0.2) is 64.3 Å². The summed E-state index contributed by atoms with van der Waals surface area (Å²) >= 11 is 0. The largest absolute Gasteiger partial charge is 0.381 e. The fraction of sp³-hybridized carbons (Fsp3) is 0.632. The van der Waals surface area contributed by atoms with Crippen molar-refractivity contribution in [2.24, 2.45) is 10.4 Å². The molecular weight excluding hydrogens is 446 g/mol. The van der Waals surface area contributed by atoms with E-state index in [1.807, 2.05) is 20.2 Å². The molecule has 0 aromatic heterocycles. The monoisotopic (exact) mass is 476 g/mol. The van der Waals surface area contributed by atoms with Gasteiger partial charge in [0, 0.05) is 58.0 Å². The predicted octanol–water partition coefficient (Wildman–Crippen LogP) is 2.96. The molecule has 2 fully saturated rings. The normalized spacial score (nSPS) is 22.6. The van der Waals surface area contributed by atoms with Crippen LogP contribution in [0.5, 0.6) is 0 Å². The summed E-state index contributed by atoms with van der Waals surface area (Å²) in [7, 11) is 3.84. The Balaban J connectivity index is 0.00000243. The molecule has 2 aliphatic heterocycles. The Labute approximate surface area is 173 Å². The molecular formula is C19H30FIN4O. The van der Waals surface area contributed by atoms with E-state index in [9.17, 15) is 4.39 Å². The molecule has 0 saturated carbocycles. The molecule has 0 aliphatic carbocycles. The van der Waals surface area contributed by atoms with E-state index in [-0.39, 0.29) is 29.8 Å². The van der Waals surface area contributed by atoms with Crippen LogP contribution < -0.4 is 10.2 Å². The second-order valence-electron chi connectivity index (χ2n) is 7.20. The van der Waals surface area contributed by atoms with Crippen LogP contribution in [0.25, 0.3) is 0 Å². The number of likely N-dealkylation sites (tertiary alicyclic amines) is 1. The van der Waals surface area contributed by atoms with Crippen LogP contribution in [0.4, 0.5) is 10.1 Å². The highest BCUT2D eigenvalue weighted by molar-refractivity contribution is 14.0. The third-order valence-corrected chi connectivity index (χ3v) is 5.34. The first-order valence-electron chi connectivity index (χ1n) is 9.12. The molecule has 1 atom stereocenters. The number of benzene rings is 1. The van der Waals surface area contributed by atoms with Gasteiger partial charge in [0.05, 0.1) is 6.61 Å². The summed E-state index contributed by atoms with van der Waals surface area (Å²) in [5.74, 6) is 0.791. The van der Waals surface area contributed by atoms with Crippen LogP contribution in [0.3, 0.4) is 0 Å². The third kappa shape index (κ3) is 5.22. The Hall–Kier alpha value is -1.09. The first-order chi connectivity index (χ1) is 12.1. The van der Waals surface area contributed by atoms with E-state index >= 15 is 0 Å². The maximum Gasteiger partial charge on any atom is 0.193 e. The first kappa shape index (κ1) is 21.2. The van der Waals surface area contributed by atoms with Crippen molar-refractivity contribution < 1.29 is 9.13 Å². The van der Waals surface area contributed by atoms with Crippen LogP contribution in [0, 0.1) is 11.2 Å². The molecule has 3 rings (SSSR count). The molecule has 0 radical (unpaired) electrons. The number of ether oxygens (including phenoxy) is 1. The summed E-state index contributed by atoms with van der Waals surface area (Å²) in [5.41, 5.74) is 1.25. The quantitative estimate of drug-likeness (QED) is 0.307. The maximum atomic E-state index is 13.3. The number of hydrogen-bond donors (Lipinski definition) is 1. The number of guanidine groups is 1. The van der Waals surface area contributed by atoms with Crippen molar-refractivity contribution in [1.29, 1.82) is 0 Å². The first-order valence-corrected chi connectivity index (χ1v) is 9.12. The second-order valence-corrected chi connectivity index (χ2v) is 7.20. The number of nitrogens with zero attached hydrogens (tertiary/aromatic N) is 3. The van der Waals surface area contributed by atoms with Gasteiger partial charge in [-0.05, 0) is 37.5 Å². The maximum absolute atomic E-state index is 13.3. The molecule has 1 aromatic carbocycles. The summed E-state index contributed by atoms with van der Waals surface area (Å²) in [6, 6.07) is 6.72. The van der Waals surface area contributed by atoms with Crippen molar-refractivity contribution in [3.63, 3.8) is 0 Å². The van der Waals surface area contributed by atoms with E-state index in [0.29, 0.717) is 5.41 Å². The van der Waals surface area contributed by atoms with Gasteiger partial charge in [0.1, 0.15) is 5.82 Å². The number of aliphatic imine (C=N–C) groups is 1. The van der Waals surface area contributed by atoms with Gasteiger partial charge in [-0.1, -0.05) is 6.07 Å². The van der Waals surface area contributed by atoms with Crippen LogP contribution in [-0.2, 0) is 4.74 Å². The van der Waals surface area contributed by atoms with Gasteiger partial charge >= 0.3 is 0 Å². The molecule has 1 unspecified atom stereocenters. The summed E-state index contributed by atoms with van der Waals surface area (Å²) in [4.78, 5) is 8.87. The zero-order chi connectivity index (χ0) is 17.7. The molecule has 1 aromatic rings. The lowest BCUT2D eigenvalue weighted by Gasteiger charge is -2.25. The molecule has 2 aliphatic rings. The van der Waals surface area contributed by atoms with E-state index in [4.69, 9.17) is 4.74 Å². The van der Waals surface area contributed by atoms with Crippen molar-refractivity contribution in [2.45, 2.75) is 19.3 Å². The lowest BCUT2D eigenvalue weighted by molar-refractivity contribution is 0.156. The van der Waals surface area contributed by atoms with Crippen molar-refractivity contribution >= 4 is 35.6 Å². The summed E-state index contributed by atoms with van der Waals surface area (Å²) in [6.45, 7) is 5.59. The number of rotatable bonds is 5. The molecule has 0 bridgehead atoms. The van der Waals surface area contributed by atoms with Crippen LogP contribution >= 0.6 is 24.0 Å². The minimum Gasteiger partial charge on any atom is -0.381 e. The van der Waals surface area contributed by atoms with Crippen molar-refractivity contribution in [2.75, 3.05) is 58.4 Å². The molecule has 146 valence electrons. The topological polar surface area (TPSA) is 40.1 Å². The molecule has 26 heavy (non-hydrogen) atoms. The smallest absolute Gasteiger partial charge is 0.193 e. The van der Waals surface area contributed by atoms with Crippen molar-refractivity contribution in [1.82, 2.24) is 10.2 Å². The van der Waals surface area contributed by atoms with Gasteiger partial charge in [0.2, 0.25) is 0 Å². The average molecular weight is 476 g/mol. The van der Waals surface area contributed by atoms with Crippen molar-refractivity contribution in [3.8, 4) is 0 Å². The molecule has 1 N–H and O–H groups in total. The van der Waals surface area contributed by atoms with E-state index in [1.54, 1.807) is 12.1 Å². The summed E-state index contributed by atoms with van der Waals surface area (Å²) in [5, 5.41) is 3.47. The van der Waals surface area contributed by atoms with Gasteiger partial charge in [-0.25, -0.2) is 4.39 Å². The van der Waals surface area contributed by atoms with Crippen LogP contribution in [0.1, 0.15) is 19.3 Å². The van der Waals surface area contributed by atoms with Gasteiger partial charge in [0.25, 0.3) is 0 Å². The molecule has 5 nitrogen and oxygen atoms in total. The lowest BCUT2D eigenvalue weighted by Crippen LogP contribution is -2.42. The second kappa shape index (κ2) is 9.73. The highest BCUT2D eigenvalue weighted by Crippen LogP contribution is 2.38. The Morgan fingerprint density at radius 1 is 1.42 bits per heavy atom. The summed E-state index contributed by atoms with van der Waals surface area (Å²) in [6.07, 6.45) is 3.32. The minimum atomic E-state index is -0.193.